The third-order valence-corrected chi connectivity index (χ3v) is 5.50. The Hall–Kier alpha value is -1.28. The van der Waals surface area contributed by atoms with Crippen LogP contribution in [-0.2, 0) is 9.59 Å². The lowest BCUT2D eigenvalue weighted by molar-refractivity contribution is -0.142. The van der Waals surface area contributed by atoms with Gasteiger partial charge in [0.2, 0.25) is 11.8 Å². The van der Waals surface area contributed by atoms with Crippen LogP contribution in [0.1, 0.15) is 25.7 Å². The van der Waals surface area contributed by atoms with E-state index in [2.05, 4.69) is 10.6 Å². The van der Waals surface area contributed by atoms with E-state index in [0.29, 0.717) is 11.7 Å². The number of nitrogens with zero attached hydrogens (tertiary/aromatic N) is 1. The number of fused-ring (bicyclic) bond motifs is 1. The maximum atomic E-state index is 11.7. The van der Waals surface area contributed by atoms with Crippen molar-refractivity contribution in [2.75, 3.05) is 19.3 Å². The fourth-order valence-electron chi connectivity index (χ4n) is 2.71. The third-order valence-electron chi connectivity index (χ3n) is 3.99. The Morgan fingerprint density at radius 2 is 2.10 bits per heavy atom. The van der Waals surface area contributed by atoms with Crippen molar-refractivity contribution in [3.8, 4) is 0 Å². The maximum Gasteiger partial charge on any atom is 0.315 e. The number of thioether (sulfide) groups is 1. The summed E-state index contributed by atoms with van der Waals surface area (Å²) in [5.74, 6) is 0.410. The second kappa shape index (κ2) is 7.13. The summed E-state index contributed by atoms with van der Waals surface area (Å²) in [6.45, 7) is -0.142. The summed E-state index contributed by atoms with van der Waals surface area (Å²) >= 11 is 1.87. The van der Waals surface area contributed by atoms with Crippen LogP contribution in [0.5, 0.6) is 0 Å². The molecule has 4 N–H and O–H groups in total. The van der Waals surface area contributed by atoms with Gasteiger partial charge in [0.05, 0.1) is 18.6 Å². The molecule has 0 aromatic carbocycles. The van der Waals surface area contributed by atoms with Gasteiger partial charge < -0.3 is 16.4 Å². The standard InChI is InChI=1S/C13H22N4O3S/c1-17(11(19)6-14)10(18)5-3-2-4-9-12-8(7-21-9)15-13(20)16-12/h8-9,12H,2-7,14H2,1H3,(H2,15,16,20)/t8-,9-,12-/m0/s1. The van der Waals surface area contributed by atoms with Crippen LogP contribution in [0.15, 0.2) is 0 Å². The number of unbranched alkanes of at least 4 members (excludes halogenated alkanes) is 1. The molecule has 0 unspecified atom stereocenters. The zero-order chi connectivity index (χ0) is 15.4. The van der Waals surface area contributed by atoms with Gasteiger partial charge in [-0.15, -0.1) is 0 Å². The number of hydrogen-bond donors (Lipinski definition) is 3. The largest absolute Gasteiger partial charge is 0.332 e. The second-order valence-corrected chi connectivity index (χ2v) is 6.69. The Kier molecular flexibility index (Phi) is 5.46. The predicted octanol–water partition coefficient (Wildman–Crippen LogP) is -0.344. The highest BCUT2D eigenvalue weighted by Gasteiger charge is 2.42. The van der Waals surface area contributed by atoms with Gasteiger partial charge in [-0.2, -0.15) is 11.8 Å². The van der Waals surface area contributed by atoms with Crippen molar-refractivity contribution in [1.82, 2.24) is 15.5 Å². The van der Waals surface area contributed by atoms with E-state index in [0.717, 1.165) is 29.9 Å². The molecule has 0 aromatic heterocycles. The highest BCUT2D eigenvalue weighted by molar-refractivity contribution is 8.00. The molecule has 8 heteroatoms. The zero-order valence-corrected chi connectivity index (χ0v) is 12.9. The van der Waals surface area contributed by atoms with Gasteiger partial charge in [0.1, 0.15) is 0 Å². The summed E-state index contributed by atoms with van der Waals surface area (Å²) in [5.41, 5.74) is 5.22. The fraction of sp³-hybridized carbons (Fsp3) is 0.769. The minimum Gasteiger partial charge on any atom is -0.332 e. The van der Waals surface area contributed by atoms with Gasteiger partial charge in [-0.05, 0) is 12.8 Å². The van der Waals surface area contributed by atoms with Gasteiger partial charge in [-0.3, -0.25) is 14.5 Å². The summed E-state index contributed by atoms with van der Waals surface area (Å²) in [7, 11) is 1.47. The average molecular weight is 314 g/mol. The molecule has 2 rings (SSSR count). The first kappa shape index (κ1) is 16.1. The normalized spacial score (nSPS) is 27.0. The number of rotatable bonds is 6. The van der Waals surface area contributed by atoms with Crippen molar-refractivity contribution < 1.29 is 14.4 Å². The highest BCUT2D eigenvalue weighted by Crippen LogP contribution is 2.33. The van der Waals surface area contributed by atoms with E-state index in [4.69, 9.17) is 5.73 Å². The molecule has 2 heterocycles. The lowest BCUT2D eigenvalue weighted by atomic mass is 10.0. The van der Waals surface area contributed by atoms with E-state index in [9.17, 15) is 14.4 Å². The first-order chi connectivity index (χ1) is 10.0. The molecule has 0 saturated carbocycles. The minimum atomic E-state index is -0.353. The molecule has 3 atom stereocenters. The van der Waals surface area contributed by atoms with E-state index in [-0.39, 0.29) is 36.5 Å². The number of nitrogens with one attached hydrogen (secondary N) is 2. The van der Waals surface area contributed by atoms with Crippen molar-refractivity contribution in [1.29, 1.82) is 0 Å². The molecule has 2 saturated heterocycles. The van der Waals surface area contributed by atoms with Crippen molar-refractivity contribution >= 4 is 29.6 Å². The first-order valence-corrected chi connectivity index (χ1v) is 8.26. The number of carbonyl (C=O) groups is 3. The van der Waals surface area contributed by atoms with Gasteiger partial charge in [0.25, 0.3) is 0 Å². The van der Waals surface area contributed by atoms with Gasteiger partial charge in [0, 0.05) is 24.5 Å². The molecule has 0 radical (unpaired) electrons. The van der Waals surface area contributed by atoms with Crippen molar-refractivity contribution in [2.24, 2.45) is 5.73 Å². The number of hydrogen-bond acceptors (Lipinski definition) is 5. The Morgan fingerprint density at radius 3 is 2.81 bits per heavy atom. The van der Waals surface area contributed by atoms with E-state index >= 15 is 0 Å². The molecule has 118 valence electrons. The van der Waals surface area contributed by atoms with Crippen LogP contribution in [0.25, 0.3) is 0 Å². The van der Waals surface area contributed by atoms with Crippen molar-refractivity contribution in [2.45, 2.75) is 43.0 Å². The van der Waals surface area contributed by atoms with Crippen LogP contribution in [0.3, 0.4) is 0 Å². The first-order valence-electron chi connectivity index (χ1n) is 7.21. The molecule has 0 aliphatic carbocycles. The average Bonchev–Trinajstić information content (AvgIpc) is 3.01. The third kappa shape index (κ3) is 3.88. The maximum absolute atomic E-state index is 11.7. The summed E-state index contributed by atoms with van der Waals surface area (Å²) in [6.07, 6.45) is 2.98. The molecular weight excluding hydrogens is 292 g/mol. The number of carbonyl (C=O) groups excluding carboxylic acids is 3. The number of likely N-dealkylation sites (N-methyl/N-ethyl adjacent to an activating group) is 1. The molecule has 21 heavy (non-hydrogen) atoms. The van der Waals surface area contributed by atoms with Gasteiger partial charge in [-0.25, -0.2) is 4.79 Å². The lowest BCUT2D eigenvalue weighted by Crippen LogP contribution is -2.37. The zero-order valence-electron chi connectivity index (χ0n) is 12.1. The van der Waals surface area contributed by atoms with Crippen LogP contribution in [0.4, 0.5) is 4.79 Å². The number of imide groups is 1. The number of urea groups is 1. The molecule has 2 aliphatic rings. The Balaban J connectivity index is 1.65. The van der Waals surface area contributed by atoms with Crippen molar-refractivity contribution in [3.05, 3.63) is 0 Å². The summed E-state index contributed by atoms with van der Waals surface area (Å²) in [6, 6.07) is 0.370. The van der Waals surface area contributed by atoms with Crippen LogP contribution in [0.2, 0.25) is 0 Å². The molecule has 2 fully saturated rings. The monoisotopic (exact) mass is 314 g/mol. The fourth-order valence-corrected chi connectivity index (χ4v) is 4.25. The van der Waals surface area contributed by atoms with Crippen LogP contribution in [0, 0.1) is 0 Å². The molecule has 2 aliphatic heterocycles. The smallest absolute Gasteiger partial charge is 0.315 e. The van der Waals surface area contributed by atoms with Gasteiger partial charge in [0.15, 0.2) is 0 Å². The van der Waals surface area contributed by atoms with Crippen molar-refractivity contribution in [3.63, 3.8) is 0 Å². The second-order valence-electron chi connectivity index (χ2n) is 5.42. The van der Waals surface area contributed by atoms with E-state index in [1.165, 1.54) is 7.05 Å². The lowest BCUT2D eigenvalue weighted by Gasteiger charge is -2.17. The van der Waals surface area contributed by atoms with E-state index in [1.807, 2.05) is 11.8 Å². The Morgan fingerprint density at radius 1 is 1.33 bits per heavy atom. The Bertz CT molecular complexity index is 432. The molecule has 0 bridgehead atoms. The van der Waals surface area contributed by atoms with Crippen LogP contribution >= 0.6 is 11.8 Å². The van der Waals surface area contributed by atoms with E-state index < -0.39 is 0 Å². The quantitative estimate of drug-likeness (QED) is 0.459. The SMILES string of the molecule is CN(C(=O)CN)C(=O)CCCC[C@@H]1SC[C@@H]2NC(=O)N[C@@H]21. The van der Waals surface area contributed by atoms with Crippen LogP contribution in [-0.4, -0.2) is 59.4 Å². The topological polar surface area (TPSA) is 105 Å². The van der Waals surface area contributed by atoms with Crippen LogP contribution < -0.4 is 16.4 Å². The molecule has 4 amide bonds. The number of nitrogens with two attached hydrogens (primary N) is 1. The molecule has 0 aromatic rings. The highest BCUT2D eigenvalue weighted by atomic mass is 32.2. The van der Waals surface area contributed by atoms with Gasteiger partial charge >= 0.3 is 6.03 Å². The van der Waals surface area contributed by atoms with Gasteiger partial charge in [-0.1, -0.05) is 6.42 Å². The molecular formula is C13H22N4O3S. The Labute approximate surface area is 128 Å². The molecule has 0 spiro atoms. The number of amides is 4. The molecule has 7 nitrogen and oxygen atoms in total. The summed E-state index contributed by atoms with van der Waals surface area (Å²) < 4.78 is 0. The minimum absolute atomic E-state index is 0.0765. The summed E-state index contributed by atoms with van der Waals surface area (Å²) in [5, 5.41) is 6.27. The predicted molar refractivity (Wildman–Crippen MR) is 80.8 cm³/mol. The summed E-state index contributed by atoms with van der Waals surface area (Å²) in [4.78, 5) is 35.4. The van der Waals surface area contributed by atoms with E-state index in [1.54, 1.807) is 0 Å².